The predicted octanol–water partition coefficient (Wildman–Crippen LogP) is 6.05. The number of nitrogens with zero attached hydrogens (tertiary/aromatic N) is 3. The lowest BCUT2D eigenvalue weighted by atomic mass is 9.86. The van der Waals surface area contributed by atoms with E-state index in [0.717, 1.165) is 28.6 Å². The summed E-state index contributed by atoms with van der Waals surface area (Å²) in [5.41, 5.74) is 3.81. The number of fused-ring (bicyclic) bond motifs is 1. The summed E-state index contributed by atoms with van der Waals surface area (Å²) < 4.78 is 15.7. The van der Waals surface area contributed by atoms with E-state index in [9.17, 15) is 9.18 Å². The maximum atomic E-state index is 13.6. The fraction of sp³-hybridized carbons (Fsp3) is 0.407. The fourth-order valence-electron chi connectivity index (χ4n) is 5.02. The molecule has 5 rings (SSSR count). The number of hydrogen-bond acceptors (Lipinski definition) is 3. The molecular formula is C27H31FN4O. The fourth-order valence-corrected chi connectivity index (χ4v) is 5.02. The number of amides is 1. The Morgan fingerprint density at radius 1 is 1.03 bits per heavy atom. The van der Waals surface area contributed by atoms with Gasteiger partial charge in [0.25, 0.3) is 0 Å². The van der Waals surface area contributed by atoms with Crippen molar-refractivity contribution in [2.24, 2.45) is 5.92 Å². The quantitative estimate of drug-likeness (QED) is 0.519. The minimum atomic E-state index is -0.268. The number of nitrogens with one attached hydrogen (secondary N) is 1. The van der Waals surface area contributed by atoms with Gasteiger partial charge in [-0.05, 0) is 62.1 Å². The lowest BCUT2D eigenvalue weighted by Gasteiger charge is -2.30. The number of aryl methyl sites for hydroxylation is 1. The van der Waals surface area contributed by atoms with Gasteiger partial charge in [-0.25, -0.2) is 9.37 Å². The van der Waals surface area contributed by atoms with Gasteiger partial charge >= 0.3 is 0 Å². The number of anilines is 2. The summed E-state index contributed by atoms with van der Waals surface area (Å²) in [6, 6.07) is 14.7. The molecule has 6 heteroatoms. The zero-order chi connectivity index (χ0) is 22.8. The molecule has 2 heterocycles. The zero-order valence-electron chi connectivity index (χ0n) is 19.2. The molecule has 1 N–H and O–H groups in total. The third-order valence-corrected chi connectivity index (χ3v) is 6.95. The summed E-state index contributed by atoms with van der Waals surface area (Å²) in [5.74, 6) is 2.26. The van der Waals surface area contributed by atoms with Crippen LogP contribution in [0.2, 0.25) is 0 Å². The van der Waals surface area contributed by atoms with Crippen LogP contribution >= 0.6 is 0 Å². The third-order valence-electron chi connectivity index (χ3n) is 6.95. The van der Waals surface area contributed by atoms with Crippen LogP contribution in [-0.4, -0.2) is 26.9 Å². The number of halogens is 1. The number of benzene rings is 2. The highest BCUT2D eigenvalue weighted by Gasteiger charge is 2.28. The van der Waals surface area contributed by atoms with Crippen molar-refractivity contribution in [2.75, 3.05) is 11.9 Å². The Hall–Kier alpha value is -3.15. The summed E-state index contributed by atoms with van der Waals surface area (Å²) >= 11 is 0. The molecule has 1 aliphatic carbocycles. The monoisotopic (exact) mass is 446 g/mol. The van der Waals surface area contributed by atoms with Crippen LogP contribution in [0.25, 0.3) is 11.3 Å². The molecular weight excluding hydrogens is 415 g/mol. The van der Waals surface area contributed by atoms with Crippen LogP contribution in [-0.2, 0) is 17.9 Å². The molecule has 1 aliphatic heterocycles. The largest absolute Gasteiger partial charge is 0.340 e. The molecule has 5 nitrogen and oxygen atoms in total. The van der Waals surface area contributed by atoms with Crippen LogP contribution in [0, 0.1) is 18.7 Å². The van der Waals surface area contributed by atoms with Crippen LogP contribution in [0.4, 0.5) is 15.9 Å². The number of carbonyl (C=O) groups is 1. The Bertz CT molecular complexity index is 1110. The number of rotatable bonds is 5. The summed E-state index contributed by atoms with van der Waals surface area (Å²) in [7, 11) is 0. The van der Waals surface area contributed by atoms with Crippen LogP contribution in [0.3, 0.4) is 0 Å². The van der Waals surface area contributed by atoms with Crippen molar-refractivity contribution in [1.29, 1.82) is 0 Å². The summed E-state index contributed by atoms with van der Waals surface area (Å²) in [6.07, 6.45) is 6.80. The molecule has 172 valence electrons. The van der Waals surface area contributed by atoms with E-state index >= 15 is 0 Å². The van der Waals surface area contributed by atoms with Crippen molar-refractivity contribution >= 4 is 17.4 Å². The molecule has 2 aromatic carbocycles. The van der Waals surface area contributed by atoms with Crippen LogP contribution in [0.15, 0.2) is 48.5 Å². The van der Waals surface area contributed by atoms with E-state index in [1.165, 1.54) is 49.8 Å². The highest BCUT2D eigenvalue weighted by molar-refractivity contribution is 5.78. The number of carbonyl (C=O) groups excluding carboxylic acids is 1. The summed E-state index contributed by atoms with van der Waals surface area (Å²) in [4.78, 5) is 19.9. The second-order valence-electron chi connectivity index (χ2n) is 9.40. The average molecular weight is 447 g/mol. The van der Waals surface area contributed by atoms with Gasteiger partial charge in [0.1, 0.15) is 23.2 Å². The summed E-state index contributed by atoms with van der Waals surface area (Å²) in [5, 5.41) is 3.53. The SMILES string of the molecule is Cc1ccc(Nc2c(-c3ccc(F)cc3)nc3n2CCN(C(=O)CC2CCCCC2)C3)cc1. The summed E-state index contributed by atoms with van der Waals surface area (Å²) in [6.45, 7) is 3.94. The normalized spacial score (nSPS) is 16.5. The van der Waals surface area contributed by atoms with Gasteiger partial charge in [-0.15, -0.1) is 0 Å². The van der Waals surface area contributed by atoms with E-state index in [-0.39, 0.29) is 11.7 Å². The standard InChI is InChI=1S/C27H31FN4O/c1-19-7-13-23(14-8-19)29-27-26(21-9-11-22(28)12-10-21)30-24-18-31(15-16-32(24)27)25(33)17-20-5-3-2-4-6-20/h7-14,20,29H,2-6,15-18H2,1H3. The molecule has 1 fully saturated rings. The number of hydrogen-bond donors (Lipinski definition) is 1. The molecule has 0 radical (unpaired) electrons. The van der Waals surface area contributed by atoms with Crippen LogP contribution in [0.1, 0.15) is 49.9 Å². The smallest absolute Gasteiger partial charge is 0.223 e. The number of aromatic nitrogens is 2. The molecule has 2 aliphatic rings. The molecule has 0 bridgehead atoms. The Morgan fingerprint density at radius 2 is 1.76 bits per heavy atom. The first kappa shape index (κ1) is 21.7. The molecule has 33 heavy (non-hydrogen) atoms. The van der Waals surface area contributed by atoms with E-state index < -0.39 is 0 Å². The average Bonchev–Trinajstić information content (AvgIpc) is 3.19. The zero-order valence-corrected chi connectivity index (χ0v) is 19.2. The van der Waals surface area contributed by atoms with Gasteiger partial charge in [0.15, 0.2) is 0 Å². The lowest BCUT2D eigenvalue weighted by Crippen LogP contribution is -2.39. The Labute approximate surface area is 194 Å². The maximum Gasteiger partial charge on any atom is 0.223 e. The molecule has 1 aromatic heterocycles. The van der Waals surface area contributed by atoms with Gasteiger partial charge in [0.05, 0.1) is 6.54 Å². The van der Waals surface area contributed by atoms with Crippen molar-refractivity contribution in [3.05, 3.63) is 65.7 Å². The molecule has 0 spiro atoms. The van der Waals surface area contributed by atoms with E-state index in [2.05, 4.69) is 28.9 Å². The molecule has 3 aromatic rings. The van der Waals surface area contributed by atoms with Gasteiger partial charge in [-0.3, -0.25) is 4.79 Å². The highest BCUT2D eigenvalue weighted by Crippen LogP contribution is 2.34. The van der Waals surface area contributed by atoms with Crippen molar-refractivity contribution < 1.29 is 9.18 Å². The molecule has 0 unspecified atom stereocenters. The maximum absolute atomic E-state index is 13.6. The van der Waals surface area contributed by atoms with E-state index in [1.807, 2.05) is 17.0 Å². The first-order chi connectivity index (χ1) is 16.1. The molecule has 1 saturated carbocycles. The van der Waals surface area contributed by atoms with Crippen molar-refractivity contribution in [3.8, 4) is 11.3 Å². The topological polar surface area (TPSA) is 50.2 Å². The van der Waals surface area contributed by atoms with Crippen LogP contribution in [0.5, 0.6) is 0 Å². The van der Waals surface area contributed by atoms with Crippen molar-refractivity contribution in [2.45, 2.75) is 58.5 Å². The third kappa shape index (κ3) is 4.80. The van der Waals surface area contributed by atoms with E-state index in [1.54, 1.807) is 12.1 Å². The van der Waals surface area contributed by atoms with Gasteiger partial charge in [-0.1, -0.05) is 37.0 Å². The van der Waals surface area contributed by atoms with Gasteiger partial charge in [-0.2, -0.15) is 0 Å². The Morgan fingerprint density at radius 3 is 2.48 bits per heavy atom. The second-order valence-corrected chi connectivity index (χ2v) is 9.40. The van der Waals surface area contributed by atoms with E-state index in [4.69, 9.17) is 4.98 Å². The minimum Gasteiger partial charge on any atom is -0.340 e. The van der Waals surface area contributed by atoms with Crippen molar-refractivity contribution in [3.63, 3.8) is 0 Å². The molecule has 0 atom stereocenters. The Balaban J connectivity index is 1.42. The van der Waals surface area contributed by atoms with Crippen molar-refractivity contribution in [1.82, 2.24) is 14.5 Å². The van der Waals surface area contributed by atoms with Gasteiger partial charge in [0.2, 0.25) is 5.91 Å². The minimum absolute atomic E-state index is 0.243. The number of imidazole rings is 1. The van der Waals surface area contributed by atoms with Crippen LogP contribution < -0.4 is 5.32 Å². The van der Waals surface area contributed by atoms with Gasteiger partial charge < -0.3 is 14.8 Å². The molecule has 0 saturated heterocycles. The van der Waals surface area contributed by atoms with E-state index in [0.29, 0.717) is 32.0 Å². The molecule has 1 amide bonds. The second kappa shape index (κ2) is 9.38. The predicted molar refractivity (Wildman–Crippen MR) is 129 cm³/mol. The first-order valence-corrected chi connectivity index (χ1v) is 12.0. The lowest BCUT2D eigenvalue weighted by molar-refractivity contribution is -0.134. The van der Waals surface area contributed by atoms with Gasteiger partial charge in [0, 0.05) is 30.8 Å². The Kier molecular flexibility index (Phi) is 6.16. The highest BCUT2D eigenvalue weighted by atomic mass is 19.1. The first-order valence-electron chi connectivity index (χ1n) is 12.0.